The van der Waals surface area contributed by atoms with Crippen LogP contribution in [0.4, 0.5) is 11.4 Å². The number of hydrogen-bond donors (Lipinski definition) is 1. The first-order valence-electron chi connectivity index (χ1n) is 5.68. The Morgan fingerprint density at radius 3 is 2.90 bits per heavy atom. The summed E-state index contributed by atoms with van der Waals surface area (Å²) in [6.45, 7) is 1.90. The fourth-order valence-electron chi connectivity index (χ4n) is 1.63. The molecule has 20 heavy (non-hydrogen) atoms. The zero-order valence-corrected chi connectivity index (χ0v) is 11.3. The molecule has 0 spiro atoms. The molecular formula is C12H11ClN4O3. The molecule has 1 aromatic carbocycles. The molecule has 104 valence electrons. The Balaban J connectivity index is 2.08. The topological polar surface area (TPSA) is 90.1 Å². The lowest BCUT2D eigenvalue weighted by atomic mass is 10.3. The highest BCUT2D eigenvalue weighted by Crippen LogP contribution is 2.27. The van der Waals surface area contributed by atoms with Crippen molar-refractivity contribution in [2.24, 2.45) is 0 Å². The highest BCUT2D eigenvalue weighted by Gasteiger charge is 2.14. The molecule has 0 atom stereocenters. The summed E-state index contributed by atoms with van der Waals surface area (Å²) in [6.07, 6.45) is 3.37. The van der Waals surface area contributed by atoms with Crippen LogP contribution in [0, 0.1) is 17.0 Å². The minimum absolute atomic E-state index is 0.0238. The molecule has 2 aromatic rings. The average molecular weight is 295 g/mol. The molecule has 1 heterocycles. The lowest BCUT2D eigenvalue weighted by Gasteiger charge is -2.05. The number of amides is 1. The van der Waals surface area contributed by atoms with Gasteiger partial charge in [0, 0.05) is 18.0 Å². The zero-order chi connectivity index (χ0) is 14.7. The third-order valence-corrected chi connectivity index (χ3v) is 2.81. The van der Waals surface area contributed by atoms with Crippen LogP contribution < -0.4 is 5.32 Å². The number of nitro benzene ring substituents is 1. The molecular weight excluding hydrogens is 284 g/mol. The molecule has 0 fully saturated rings. The van der Waals surface area contributed by atoms with Crippen molar-refractivity contribution >= 4 is 28.9 Å². The molecule has 0 aliphatic rings. The van der Waals surface area contributed by atoms with Crippen molar-refractivity contribution in [2.45, 2.75) is 13.5 Å². The summed E-state index contributed by atoms with van der Waals surface area (Å²) in [6, 6.07) is 4.09. The summed E-state index contributed by atoms with van der Waals surface area (Å²) in [5, 5.41) is 17.3. The monoisotopic (exact) mass is 294 g/mol. The van der Waals surface area contributed by atoms with Crippen LogP contribution >= 0.6 is 11.6 Å². The van der Waals surface area contributed by atoms with Crippen molar-refractivity contribution in [3.05, 3.63) is 51.3 Å². The van der Waals surface area contributed by atoms with Crippen LogP contribution in [0.15, 0.2) is 30.6 Å². The van der Waals surface area contributed by atoms with Crippen molar-refractivity contribution in [3.63, 3.8) is 0 Å². The first-order chi connectivity index (χ1) is 9.45. The second kappa shape index (κ2) is 5.70. The molecule has 1 aromatic heterocycles. The van der Waals surface area contributed by atoms with Gasteiger partial charge in [-0.2, -0.15) is 5.10 Å². The second-order valence-electron chi connectivity index (χ2n) is 4.19. The van der Waals surface area contributed by atoms with E-state index in [0.717, 1.165) is 5.56 Å². The molecule has 8 heteroatoms. The lowest BCUT2D eigenvalue weighted by Crippen LogP contribution is -2.19. The third kappa shape index (κ3) is 3.33. The maximum absolute atomic E-state index is 11.8. The summed E-state index contributed by atoms with van der Waals surface area (Å²) >= 11 is 5.69. The number of carbonyl (C=O) groups excluding carboxylic acids is 1. The summed E-state index contributed by atoms with van der Waals surface area (Å²) < 4.78 is 1.48. The van der Waals surface area contributed by atoms with Gasteiger partial charge in [-0.25, -0.2) is 0 Å². The van der Waals surface area contributed by atoms with Crippen LogP contribution in [0.25, 0.3) is 0 Å². The standard InChI is InChI=1S/C12H11ClN4O3/c1-8-5-14-16(6-8)7-12(18)15-9-2-3-10(13)11(4-9)17(19)20/h2-6H,7H2,1H3,(H,15,18). The quantitative estimate of drug-likeness (QED) is 0.692. The molecule has 1 amide bonds. The predicted octanol–water partition coefficient (Wildman–Crippen LogP) is 2.39. The van der Waals surface area contributed by atoms with Crippen molar-refractivity contribution in [3.8, 4) is 0 Å². The van der Waals surface area contributed by atoms with Crippen LogP contribution in [0.2, 0.25) is 5.02 Å². The Hall–Kier alpha value is -2.41. The Morgan fingerprint density at radius 2 is 2.30 bits per heavy atom. The van der Waals surface area contributed by atoms with Gasteiger partial charge in [0.05, 0.1) is 11.1 Å². The number of aryl methyl sites for hydroxylation is 1. The van der Waals surface area contributed by atoms with Gasteiger partial charge in [-0.3, -0.25) is 19.6 Å². The normalized spacial score (nSPS) is 10.3. The van der Waals surface area contributed by atoms with E-state index in [0.29, 0.717) is 5.69 Å². The summed E-state index contributed by atoms with van der Waals surface area (Å²) in [5.74, 6) is -0.329. The average Bonchev–Trinajstić information content (AvgIpc) is 2.76. The lowest BCUT2D eigenvalue weighted by molar-refractivity contribution is -0.384. The fourth-order valence-corrected chi connectivity index (χ4v) is 1.82. The van der Waals surface area contributed by atoms with Crippen LogP contribution in [-0.2, 0) is 11.3 Å². The predicted molar refractivity (Wildman–Crippen MR) is 73.7 cm³/mol. The van der Waals surface area contributed by atoms with E-state index in [9.17, 15) is 14.9 Å². The number of halogens is 1. The van der Waals surface area contributed by atoms with Crippen LogP contribution in [-0.4, -0.2) is 20.6 Å². The van der Waals surface area contributed by atoms with Crippen molar-refractivity contribution in [1.29, 1.82) is 0 Å². The van der Waals surface area contributed by atoms with Crippen molar-refractivity contribution in [2.75, 3.05) is 5.32 Å². The third-order valence-electron chi connectivity index (χ3n) is 2.49. The largest absolute Gasteiger partial charge is 0.324 e. The molecule has 0 saturated carbocycles. The molecule has 0 aliphatic heterocycles. The van der Waals surface area contributed by atoms with E-state index >= 15 is 0 Å². The molecule has 0 aliphatic carbocycles. The van der Waals surface area contributed by atoms with Gasteiger partial charge in [0.2, 0.25) is 5.91 Å². The smallest absolute Gasteiger partial charge is 0.289 e. The second-order valence-corrected chi connectivity index (χ2v) is 4.59. The number of aromatic nitrogens is 2. The maximum atomic E-state index is 11.8. The van der Waals surface area contributed by atoms with Gasteiger partial charge in [0.1, 0.15) is 11.6 Å². The van der Waals surface area contributed by atoms with E-state index in [1.165, 1.54) is 22.9 Å². The Labute approximate surface area is 119 Å². The van der Waals surface area contributed by atoms with Crippen molar-refractivity contribution in [1.82, 2.24) is 9.78 Å². The molecule has 0 radical (unpaired) electrons. The minimum Gasteiger partial charge on any atom is -0.324 e. The molecule has 0 unspecified atom stereocenters. The number of rotatable bonds is 4. The first kappa shape index (κ1) is 14.0. The molecule has 2 rings (SSSR count). The van der Waals surface area contributed by atoms with Crippen molar-refractivity contribution < 1.29 is 9.72 Å². The summed E-state index contributed by atoms with van der Waals surface area (Å²) in [4.78, 5) is 21.9. The van der Waals surface area contributed by atoms with Crippen LogP contribution in [0.3, 0.4) is 0 Å². The molecule has 7 nitrogen and oxygen atoms in total. The maximum Gasteiger partial charge on any atom is 0.289 e. The number of benzene rings is 1. The van der Waals surface area contributed by atoms with E-state index in [-0.39, 0.29) is 23.2 Å². The fraction of sp³-hybridized carbons (Fsp3) is 0.167. The van der Waals surface area contributed by atoms with Gasteiger partial charge in [-0.15, -0.1) is 0 Å². The highest BCUT2D eigenvalue weighted by atomic mass is 35.5. The number of anilines is 1. The van der Waals surface area contributed by atoms with Gasteiger partial charge in [0.15, 0.2) is 0 Å². The zero-order valence-electron chi connectivity index (χ0n) is 10.5. The molecule has 0 saturated heterocycles. The minimum atomic E-state index is -0.602. The highest BCUT2D eigenvalue weighted by molar-refractivity contribution is 6.32. The Morgan fingerprint density at radius 1 is 1.55 bits per heavy atom. The SMILES string of the molecule is Cc1cnn(CC(=O)Nc2ccc(Cl)c([N+](=O)[O-])c2)c1. The van der Waals surface area contributed by atoms with Crippen LogP contribution in [0.5, 0.6) is 0 Å². The van der Waals surface area contributed by atoms with E-state index in [4.69, 9.17) is 11.6 Å². The van der Waals surface area contributed by atoms with E-state index < -0.39 is 4.92 Å². The Kier molecular flexibility index (Phi) is 3.99. The van der Waals surface area contributed by atoms with Gasteiger partial charge < -0.3 is 5.32 Å². The number of nitrogens with zero attached hydrogens (tertiary/aromatic N) is 3. The summed E-state index contributed by atoms with van der Waals surface area (Å²) in [7, 11) is 0. The molecule has 1 N–H and O–H groups in total. The number of nitro groups is 1. The number of carbonyl (C=O) groups is 1. The number of nitrogens with one attached hydrogen (secondary N) is 1. The van der Waals surface area contributed by atoms with Gasteiger partial charge in [-0.05, 0) is 24.6 Å². The van der Waals surface area contributed by atoms with Gasteiger partial charge in [-0.1, -0.05) is 11.6 Å². The van der Waals surface area contributed by atoms with Gasteiger partial charge in [0.25, 0.3) is 5.69 Å². The summed E-state index contributed by atoms with van der Waals surface area (Å²) in [5.41, 5.74) is 1.01. The number of hydrogen-bond acceptors (Lipinski definition) is 4. The van der Waals surface area contributed by atoms with Gasteiger partial charge >= 0.3 is 0 Å². The van der Waals surface area contributed by atoms with Crippen LogP contribution in [0.1, 0.15) is 5.56 Å². The van der Waals surface area contributed by atoms with E-state index in [1.54, 1.807) is 12.4 Å². The van der Waals surface area contributed by atoms with E-state index in [2.05, 4.69) is 10.4 Å². The molecule has 0 bridgehead atoms. The van der Waals surface area contributed by atoms with E-state index in [1.807, 2.05) is 6.92 Å². The first-order valence-corrected chi connectivity index (χ1v) is 6.06. The Bertz CT molecular complexity index is 668.